The summed E-state index contributed by atoms with van der Waals surface area (Å²) in [5.41, 5.74) is 3.50. The van der Waals surface area contributed by atoms with Gasteiger partial charge in [-0.15, -0.1) is 0 Å². The number of urea groups is 1. The summed E-state index contributed by atoms with van der Waals surface area (Å²) in [5.74, 6) is 0.946. The van der Waals surface area contributed by atoms with Crippen LogP contribution < -0.4 is 10.0 Å². The zero-order chi connectivity index (χ0) is 22.4. The lowest BCUT2D eigenvalue weighted by Gasteiger charge is -2.33. The Morgan fingerprint density at radius 1 is 1.29 bits per heavy atom. The summed E-state index contributed by atoms with van der Waals surface area (Å²) < 4.78 is 28.5. The first-order chi connectivity index (χ1) is 14.6. The third kappa shape index (κ3) is 4.36. The molecule has 0 saturated heterocycles. The summed E-state index contributed by atoms with van der Waals surface area (Å²) in [6, 6.07) is 4.94. The minimum atomic E-state index is -3.72. The van der Waals surface area contributed by atoms with Crippen LogP contribution in [-0.4, -0.2) is 15.3 Å². The molecule has 1 fully saturated rings. The number of hydrogen-bond acceptors (Lipinski definition) is 5. The van der Waals surface area contributed by atoms with Gasteiger partial charge in [0.1, 0.15) is 0 Å². The van der Waals surface area contributed by atoms with E-state index in [1.807, 2.05) is 0 Å². The van der Waals surface area contributed by atoms with Crippen LogP contribution in [0.1, 0.15) is 74.6 Å². The van der Waals surface area contributed by atoms with Gasteiger partial charge in [0.15, 0.2) is 9.92 Å². The summed E-state index contributed by atoms with van der Waals surface area (Å²) in [5, 5.41) is 12.8. The number of nitrogens with one attached hydrogen (secondary N) is 3. The van der Waals surface area contributed by atoms with Crippen LogP contribution in [0.2, 0.25) is 0 Å². The number of furan rings is 1. The van der Waals surface area contributed by atoms with Crippen LogP contribution >= 0.6 is 0 Å². The molecule has 1 aromatic carbocycles. The lowest BCUT2D eigenvalue weighted by molar-refractivity contribution is 0.0779. The monoisotopic (exact) mass is 445 g/mol. The number of carbonyl (C=O) groups excluding carboxylic acids is 1. The number of anilines is 1. The first kappa shape index (κ1) is 21.9. The maximum atomic E-state index is 12.9. The molecule has 1 aromatic heterocycles. The van der Waals surface area contributed by atoms with Crippen LogP contribution in [0.5, 0.6) is 0 Å². The number of carbonyl (C=O) groups is 1. The molecule has 0 spiro atoms. The third-order valence-corrected chi connectivity index (χ3v) is 7.96. The van der Waals surface area contributed by atoms with E-state index in [1.54, 1.807) is 13.8 Å². The second-order valence-electron chi connectivity index (χ2n) is 9.33. The molecule has 2 atom stereocenters. The number of hydrogen-bond donors (Lipinski definition) is 4. The highest BCUT2D eigenvalue weighted by atomic mass is 32.2. The van der Waals surface area contributed by atoms with Crippen LogP contribution in [0.3, 0.4) is 0 Å². The highest BCUT2D eigenvalue weighted by Gasteiger charge is 2.30. The maximum Gasteiger partial charge on any atom is 0.332 e. The molecule has 4 rings (SSSR count). The van der Waals surface area contributed by atoms with Crippen LogP contribution in [-0.2, 0) is 28.4 Å². The van der Waals surface area contributed by atoms with Crippen molar-refractivity contribution in [1.29, 1.82) is 4.78 Å². The van der Waals surface area contributed by atoms with Crippen molar-refractivity contribution in [3.8, 4) is 0 Å². The van der Waals surface area contributed by atoms with Crippen LogP contribution in [0.4, 0.5) is 10.5 Å². The summed E-state index contributed by atoms with van der Waals surface area (Å²) in [4.78, 5) is 12.8. The third-order valence-electron chi connectivity index (χ3n) is 6.70. The van der Waals surface area contributed by atoms with E-state index in [-0.39, 0.29) is 5.09 Å². The Morgan fingerprint density at radius 3 is 2.65 bits per heavy atom. The van der Waals surface area contributed by atoms with Crippen molar-refractivity contribution >= 4 is 21.6 Å². The van der Waals surface area contributed by atoms with Gasteiger partial charge >= 0.3 is 6.03 Å². The maximum absolute atomic E-state index is 12.9. The van der Waals surface area contributed by atoms with Gasteiger partial charge in [0.2, 0.25) is 5.09 Å². The number of amides is 2. The Kier molecular flexibility index (Phi) is 5.64. The molecule has 2 aliphatic carbocycles. The number of fused-ring (bicyclic) bond motifs is 1. The number of aliphatic hydroxyl groups is 1. The van der Waals surface area contributed by atoms with E-state index in [2.05, 4.69) is 29.1 Å². The predicted octanol–water partition coefficient (Wildman–Crippen LogP) is 5.04. The molecule has 1 heterocycles. The molecule has 2 aliphatic rings. The van der Waals surface area contributed by atoms with Crippen molar-refractivity contribution in [2.24, 2.45) is 5.92 Å². The van der Waals surface area contributed by atoms with Crippen LogP contribution in [0, 0.1) is 10.7 Å². The quantitative estimate of drug-likeness (QED) is 0.498. The summed E-state index contributed by atoms with van der Waals surface area (Å²) in [6.07, 6.45) is 7.85. The largest absolute Gasteiger partial charge is 0.452 e. The van der Waals surface area contributed by atoms with Crippen molar-refractivity contribution in [3.63, 3.8) is 0 Å². The molecule has 1 unspecified atom stereocenters. The van der Waals surface area contributed by atoms with Crippen molar-refractivity contribution in [2.45, 2.75) is 75.9 Å². The molecule has 4 N–H and O–H groups in total. The topological polar surface area (TPSA) is 115 Å². The summed E-state index contributed by atoms with van der Waals surface area (Å²) >= 11 is 0. The Morgan fingerprint density at radius 2 is 2.03 bits per heavy atom. The van der Waals surface area contributed by atoms with E-state index in [9.17, 15) is 14.1 Å². The van der Waals surface area contributed by atoms with E-state index in [0.717, 1.165) is 36.1 Å². The Balaban J connectivity index is 1.57. The first-order valence-electron chi connectivity index (χ1n) is 10.9. The molecule has 1 saturated carbocycles. The van der Waals surface area contributed by atoms with Crippen LogP contribution in [0.15, 0.2) is 34.0 Å². The highest BCUT2D eigenvalue weighted by molar-refractivity contribution is 7.91. The van der Waals surface area contributed by atoms with Gasteiger partial charge in [-0.2, -0.15) is 0 Å². The molecular formula is C23H31N3O4S. The molecule has 8 heteroatoms. The van der Waals surface area contributed by atoms with Crippen LogP contribution in [0.25, 0.3) is 0 Å². The standard InChI is InChI=1S/C23H31N3O4S/c1-14(15-6-4-7-15)18-11-10-16-8-5-9-19(16)21(18)25-22(27)26-31(24,29)20-12-17(13-30-20)23(2,3)28/h10-15,28H,4-9H2,1-3H3,(H3,24,25,26,27,29)/t14-,31?/m0/s1. The smallest absolute Gasteiger partial charge is 0.332 e. The minimum Gasteiger partial charge on any atom is -0.452 e. The van der Waals surface area contributed by atoms with Gasteiger partial charge in [-0.3, -0.25) is 0 Å². The Bertz CT molecular complexity index is 1090. The number of aryl methyl sites for hydroxylation is 1. The van der Waals surface area contributed by atoms with Crippen molar-refractivity contribution in [3.05, 3.63) is 46.7 Å². The molecular weight excluding hydrogens is 414 g/mol. The van der Waals surface area contributed by atoms with Gasteiger partial charge in [-0.1, -0.05) is 25.5 Å². The molecule has 2 aromatic rings. The van der Waals surface area contributed by atoms with E-state index < -0.39 is 21.5 Å². The van der Waals surface area contributed by atoms with Gasteiger partial charge in [0.25, 0.3) is 0 Å². The second-order valence-corrected chi connectivity index (χ2v) is 11.0. The van der Waals surface area contributed by atoms with Crippen molar-refractivity contribution in [1.82, 2.24) is 4.72 Å². The predicted molar refractivity (Wildman–Crippen MR) is 119 cm³/mol. The van der Waals surface area contributed by atoms with E-state index in [4.69, 9.17) is 9.20 Å². The van der Waals surface area contributed by atoms with Crippen molar-refractivity contribution < 1.29 is 18.5 Å². The molecule has 2 amide bonds. The fraction of sp³-hybridized carbons (Fsp3) is 0.522. The van der Waals surface area contributed by atoms with E-state index >= 15 is 0 Å². The molecule has 0 bridgehead atoms. The lowest BCUT2D eigenvalue weighted by Crippen LogP contribution is -2.34. The van der Waals surface area contributed by atoms with E-state index in [0.29, 0.717) is 17.4 Å². The SMILES string of the molecule is C[C@H](c1ccc2c(c1NC(=O)NS(=N)(=O)c1cc(C(C)(C)O)co1)CCC2)C1CCC1. The minimum absolute atomic E-state index is 0.193. The Labute approximate surface area is 183 Å². The molecule has 7 nitrogen and oxygen atoms in total. The van der Waals surface area contributed by atoms with E-state index in [1.165, 1.54) is 37.2 Å². The van der Waals surface area contributed by atoms with Gasteiger partial charge in [-0.05, 0) is 74.5 Å². The molecule has 168 valence electrons. The second kappa shape index (κ2) is 7.98. The molecule has 31 heavy (non-hydrogen) atoms. The average Bonchev–Trinajstić information content (AvgIpc) is 3.29. The fourth-order valence-corrected chi connectivity index (χ4v) is 5.40. The normalized spacial score (nSPS) is 19.2. The van der Waals surface area contributed by atoms with Gasteiger partial charge in [0, 0.05) is 17.3 Å². The molecule has 0 radical (unpaired) electrons. The van der Waals surface area contributed by atoms with Gasteiger partial charge < -0.3 is 14.8 Å². The van der Waals surface area contributed by atoms with Gasteiger partial charge in [-0.25, -0.2) is 18.5 Å². The van der Waals surface area contributed by atoms with Gasteiger partial charge in [0.05, 0.1) is 11.9 Å². The van der Waals surface area contributed by atoms with Crippen molar-refractivity contribution in [2.75, 3.05) is 5.32 Å². The number of rotatable bonds is 6. The number of benzene rings is 1. The molecule has 0 aliphatic heterocycles. The summed E-state index contributed by atoms with van der Waals surface area (Å²) in [6.45, 7) is 5.33. The summed E-state index contributed by atoms with van der Waals surface area (Å²) in [7, 11) is -3.72. The zero-order valence-electron chi connectivity index (χ0n) is 18.3. The first-order valence-corrected chi connectivity index (χ1v) is 12.5. The zero-order valence-corrected chi connectivity index (χ0v) is 19.1. The lowest BCUT2D eigenvalue weighted by atomic mass is 9.73. The highest BCUT2D eigenvalue weighted by Crippen LogP contribution is 2.44. The fourth-order valence-electron chi connectivity index (χ4n) is 4.51. The Hall–Kier alpha value is -2.32. The average molecular weight is 446 g/mol.